The summed E-state index contributed by atoms with van der Waals surface area (Å²) in [6.45, 7) is -0.139. The maximum Gasteiger partial charge on any atom is 0.346 e. The van der Waals surface area contributed by atoms with Gasteiger partial charge in [0.15, 0.2) is 23.1 Å². The molecule has 12 heteroatoms. The zero-order chi connectivity index (χ0) is 18.7. The van der Waals surface area contributed by atoms with E-state index in [1.54, 1.807) is 0 Å². The zero-order valence-electron chi connectivity index (χ0n) is 13.3. The van der Waals surface area contributed by atoms with Gasteiger partial charge in [-0.05, 0) is 12.8 Å². The lowest BCUT2D eigenvalue weighted by Gasteiger charge is -2.42. The molecule has 142 valence electrons. The summed E-state index contributed by atoms with van der Waals surface area (Å²) in [4.78, 5) is 11.8. The first-order chi connectivity index (χ1) is 12.2. The number of ether oxygens (including phenoxy) is 2. The number of hydrogen-bond acceptors (Lipinski definition) is 7. The van der Waals surface area contributed by atoms with E-state index >= 15 is 0 Å². The molecule has 2 fully saturated rings. The topological polar surface area (TPSA) is 108 Å². The molecule has 2 aromatic rings. The van der Waals surface area contributed by atoms with Gasteiger partial charge in [0, 0.05) is 0 Å². The van der Waals surface area contributed by atoms with Gasteiger partial charge in [-0.2, -0.15) is 27.5 Å². The van der Waals surface area contributed by atoms with E-state index in [0.717, 1.165) is 0 Å². The number of hydrogen-bond donors (Lipinski definition) is 2. The lowest BCUT2D eigenvalue weighted by molar-refractivity contribution is -0.325. The fourth-order valence-electron chi connectivity index (χ4n) is 3.05. The smallest absolute Gasteiger partial charge is 0.346 e. The maximum absolute atomic E-state index is 13.4. The van der Waals surface area contributed by atoms with Crippen molar-refractivity contribution in [2.75, 3.05) is 12.3 Å². The van der Waals surface area contributed by atoms with Gasteiger partial charge in [-0.25, -0.2) is 4.98 Å². The number of imidazole rings is 1. The Kier molecular flexibility index (Phi) is 3.74. The average molecular weight is 377 g/mol. The Morgan fingerprint density at radius 1 is 1.31 bits per heavy atom. The van der Waals surface area contributed by atoms with Gasteiger partial charge in [-0.15, -0.1) is 0 Å². The molecule has 1 aliphatic carbocycles. The molecule has 8 nitrogen and oxygen atoms in total. The Bertz CT molecular complexity index is 845. The number of nitrogens with zero attached hydrogens (tertiary/aromatic N) is 4. The summed E-state index contributed by atoms with van der Waals surface area (Å²) >= 11 is 0. The second-order valence-corrected chi connectivity index (χ2v) is 6.33. The molecular weight excluding hydrogens is 362 g/mol. The van der Waals surface area contributed by atoms with Crippen molar-refractivity contribution in [2.45, 2.75) is 49.5 Å². The predicted molar refractivity (Wildman–Crippen MR) is 78.9 cm³/mol. The molecule has 1 saturated heterocycles. The van der Waals surface area contributed by atoms with Crippen molar-refractivity contribution < 1.29 is 32.1 Å². The highest BCUT2D eigenvalue weighted by Gasteiger charge is 2.73. The average Bonchev–Trinajstić information content (AvgIpc) is 3.20. The third kappa shape index (κ3) is 2.47. The highest BCUT2D eigenvalue weighted by atomic mass is 19.3. The van der Waals surface area contributed by atoms with Crippen molar-refractivity contribution >= 4 is 17.0 Å². The van der Waals surface area contributed by atoms with Gasteiger partial charge >= 0.3 is 17.9 Å². The van der Waals surface area contributed by atoms with Gasteiger partial charge in [0.2, 0.25) is 0 Å². The number of nitrogens with two attached hydrogens (primary N) is 1. The number of aliphatic hydroxyl groups excluding tert-OH is 1. The van der Waals surface area contributed by atoms with Crippen LogP contribution in [0.4, 0.5) is 23.4 Å². The first-order valence-corrected chi connectivity index (χ1v) is 7.91. The van der Waals surface area contributed by atoms with Gasteiger partial charge < -0.3 is 20.3 Å². The van der Waals surface area contributed by atoms with Crippen LogP contribution in [0.5, 0.6) is 6.01 Å². The predicted octanol–water partition coefficient (Wildman–Crippen LogP) is 1.50. The molecule has 1 saturated carbocycles. The van der Waals surface area contributed by atoms with Crippen LogP contribution >= 0.6 is 0 Å². The summed E-state index contributed by atoms with van der Waals surface area (Å²) in [6, 6.07) is -0.534. The number of alkyl halides is 4. The normalized spacial score (nSPS) is 29.7. The Balaban J connectivity index is 1.63. The maximum atomic E-state index is 13.4. The third-order valence-corrected chi connectivity index (χ3v) is 4.61. The second-order valence-electron chi connectivity index (χ2n) is 6.33. The fourth-order valence-corrected chi connectivity index (χ4v) is 3.05. The van der Waals surface area contributed by atoms with Gasteiger partial charge in [0.05, 0.1) is 25.5 Å². The van der Waals surface area contributed by atoms with E-state index in [0.29, 0.717) is 12.8 Å². The van der Waals surface area contributed by atoms with Crippen molar-refractivity contribution in [3.8, 4) is 6.01 Å². The summed E-state index contributed by atoms with van der Waals surface area (Å²) in [5, 5.41) is 9.16. The van der Waals surface area contributed by atoms with E-state index in [2.05, 4.69) is 15.0 Å². The number of anilines is 1. The van der Waals surface area contributed by atoms with E-state index in [9.17, 15) is 17.6 Å². The highest BCUT2D eigenvalue weighted by molar-refractivity contribution is 5.82. The Morgan fingerprint density at radius 3 is 2.69 bits per heavy atom. The molecule has 26 heavy (non-hydrogen) atoms. The molecule has 0 bridgehead atoms. The van der Waals surface area contributed by atoms with Gasteiger partial charge in [-0.1, -0.05) is 0 Å². The minimum Gasteiger partial charge on any atom is -0.453 e. The molecule has 3 atom stereocenters. The molecule has 2 aliphatic rings. The molecular formula is C14H15F4N5O3. The van der Waals surface area contributed by atoms with Crippen LogP contribution in [0.3, 0.4) is 0 Å². The van der Waals surface area contributed by atoms with Crippen LogP contribution in [-0.4, -0.2) is 55.3 Å². The van der Waals surface area contributed by atoms with Crippen molar-refractivity contribution in [1.82, 2.24) is 19.5 Å². The van der Waals surface area contributed by atoms with Gasteiger partial charge in [0.25, 0.3) is 0 Å². The number of aromatic nitrogens is 4. The van der Waals surface area contributed by atoms with Crippen molar-refractivity contribution in [2.24, 2.45) is 0 Å². The molecule has 0 aromatic carbocycles. The van der Waals surface area contributed by atoms with Gasteiger partial charge in [0.1, 0.15) is 6.23 Å². The van der Waals surface area contributed by atoms with E-state index in [4.69, 9.17) is 20.3 Å². The fraction of sp³-hybridized carbons (Fsp3) is 0.643. The molecule has 4 rings (SSSR count). The molecule has 0 amide bonds. The van der Waals surface area contributed by atoms with Crippen molar-refractivity contribution in [3.63, 3.8) is 0 Å². The van der Waals surface area contributed by atoms with Crippen LogP contribution in [0.1, 0.15) is 25.5 Å². The Morgan fingerprint density at radius 2 is 2.08 bits per heavy atom. The molecule has 0 radical (unpaired) electrons. The van der Waals surface area contributed by atoms with Crippen molar-refractivity contribution in [3.05, 3.63) is 6.33 Å². The summed E-state index contributed by atoms with van der Waals surface area (Å²) < 4.78 is 64.7. The van der Waals surface area contributed by atoms with Crippen molar-refractivity contribution in [1.29, 1.82) is 0 Å². The van der Waals surface area contributed by atoms with Crippen LogP contribution in [0.25, 0.3) is 11.2 Å². The second kappa shape index (κ2) is 5.64. The van der Waals surface area contributed by atoms with Gasteiger partial charge in [-0.3, -0.25) is 4.57 Å². The quantitative estimate of drug-likeness (QED) is 0.778. The first kappa shape index (κ1) is 17.2. The van der Waals surface area contributed by atoms with E-state index < -0.39 is 36.6 Å². The number of nitrogen functional groups attached to an aromatic ring is 1. The summed E-state index contributed by atoms with van der Waals surface area (Å²) in [6.07, 6.45) is -1.39. The lowest BCUT2D eigenvalue weighted by atomic mass is 9.85. The Labute approximate surface area is 143 Å². The number of aliphatic hydroxyl groups is 1. The van der Waals surface area contributed by atoms with E-state index in [1.807, 2.05) is 0 Å². The molecule has 3 N–H and O–H groups in total. The molecule has 2 aromatic heterocycles. The standard InChI is InChI=1S/C14H15F4N5O3/c15-13(16)3-7(14(13,17)18)26-12-21-10(19)9-11(22-12)23(5-20-9)8-2-1-6(4-24)25-8/h5-8,24H,1-4H2,(H2,19,21,22). The minimum atomic E-state index is -4.30. The lowest BCUT2D eigenvalue weighted by Crippen LogP contribution is -2.64. The SMILES string of the molecule is Nc1nc(OC2CC(F)(F)C2(F)F)nc2c1ncn2C1CCC(CO)O1. The monoisotopic (exact) mass is 377 g/mol. The van der Waals surface area contributed by atoms with Crippen LogP contribution in [0.2, 0.25) is 0 Å². The van der Waals surface area contributed by atoms with E-state index in [-0.39, 0.29) is 29.7 Å². The number of halogens is 4. The largest absolute Gasteiger partial charge is 0.453 e. The molecule has 1 aliphatic heterocycles. The van der Waals surface area contributed by atoms with E-state index in [1.165, 1.54) is 10.9 Å². The first-order valence-electron chi connectivity index (χ1n) is 7.91. The Hall–Kier alpha value is -2.21. The summed E-state index contributed by atoms with van der Waals surface area (Å²) in [5.74, 6) is -8.55. The number of fused-ring (bicyclic) bond motifs is 1. The third-order valence-electron chi connectivity index (χ3n) is 4.61. The van der Waals surface area contributed by atoms with Crippen LogP contribution < -0.4 is 10.5 Å². The molecule has 3 heterocycles. The number of rotatable bonds is 4. The molecule has 3 unspecified atom stereocenters. The van der Waals surface area contributed by atoms with Crippen LogP contribution in [0, 0.1) is 0 Å². The van der Waals surface area contributed by atoms with Crippen LogP contribution in [-0.2, 0) is 4.74 Å². The highest BCUT2D eigenvalue weighted by Crippen LogP contribution is 2.52. The summed E-state index contributed by atoms with van der Waals surface area (Å²) in [7, 11) is 0. The zero-order valence-corrected chi connectivity index (χ0v) is 13.3. The summed E-state index contributed by atoms with van der Waals surface area (Å²) in [5.41, 5.74) is 6.13. The van der Waals surface area contributed by atoms with Crippen LogP contribution in [0.15, 0.2) is 6.33 Å². The molecule has 0 spiro atoms. The minimum absolute atomic E-state index is 0.130.